The van der Waals surface area contributed by atoms with Crippen LogP contribution < -0.4 is 0 Å². The highest BCUT2D eigenvalue weighted by Gasteiger charge is 2.22. The van der Waals surface area contributed by atoms with Crippen LogP contribution in [-0.4, -0.2) is 110 Å². The number of aliphatic carboxylic acids is 1. The molecule has 0 fully saturated rings. The summed E-state index contributed by atoms with van der Waals surface area (Å²) in [6, 6.07) is 0. The van der Waals surface area contributed by atoms with Crippen molar-refractivity contribution in [1.82, 2.24) is 9.80 Å². The van der Waals surface area contributed by atoms with Crippen LogP contribution in [0.1, 0.15) is 25.7 Å². The summed E-state index contributed by atoms with van der Waals surface area (Å²) < 4.78 is 15.9. The Kier molecular flexibility index (Phi) is 14.7. The van der Waals surface area contributed by atoms with Crippen LogP contribution in [0.4, 0.5) is 0 Å². The first-order valence-electron chi connectivity index (χ1n) is 10.4. The number of unbranched alkanes of at least 4 members (excludes halogenated alkanes) is 3. The van der Waals surface area contributed by atoms with Gasteiger partial charge >= 0.3 is 5.97 Å². The molecule has 0 aromatic carbocycles. The van der Waals surface area contributed by atoms with Crippen LogP contribution in [0.15, 0.2) is 12.2 Å². The molecular weight excluding hydrogens is 396 g/mol. The highest BCUT2D eigenvalue weighted by atomic mass is 16.5. The lowest BCUT2D eigenvalue weighted by molar-refractivity contribution is -0.139. The van der Waals surface area contributed by atoms with Crippen molar-refractivity contribution < 1.29 is 38.8 Å². The van der Waals surface area contributed by atoms with Crippen LogP contribution in [-0.2, 0) is 28.6 Å². The Morgan fingerprint density at radius 2 is 1.40 bits per heavy atom. The number of carbonyl (C=O) groups is 3. The highest BCUT2D eigenvalue weighted by molar-refractivity contribution is 6.12. The lowest BCUT2D eigenvalue weighted by atomic mass is 10.2. The minimum Gasteiger partial charge on any atom is -0.480 e. The van der Waals surface area contributed by atoms with E-state index in [1.807, 2.05) is 4.90 Å². The summed E-state index contributed by atoms with van der Waals surface area (Å²) in [5.41, 5.74) is 0. The number of aliphatic hydroxyl groups is 1. The average molecular weight is 430 g/mol. The first-order valence-corrected chi connectivity index (χ1v) is 10.4. The third kappa shape index (κ3) is 12.7. The largest absolute Gasteiger partial charge is 0.480 e. The van der Waals surface area contributed by atoms with E-state index in [0.717, 1.165) is 25.7 Å². The molecule has 30 heavy (non-hydrogen) atoms. The molecule has 0 spiro atoms. The minimum atomic E-state index is -0.875. The maximum absolute atomic E-state index is 11.5. The summed E-state index contributed by atoms with van der Waals surface area (Å²) >= 11 is 0. The van der Waals surface area contributed by atoms with Gasteiger partial charge in [0.1, 0.15) is 0 Å². The number of imide groups is 1. The third-order valence-electron chi connectivity index (χ3n) is 4.40. The van der Waals surface area contributed by atoms with Gasteiger partial charge in [-0.1, -0.05) is 12.8 Å². The van der Waals surface area contributed by atoms with Crippen LogP contribution in [0.5, 0.6) is 0 Å². The summed E-state index contributed by atoms with van der Waals surface area (Å²) in [6.45, 7) is 3.98. The Balaban J connectivity index is 2.03. The van der Waals surface area contributed by atoms with Crippen molar-refractivity contribution in [3.63, 3.8) is 0 Å². The first kappa shape index (κ1) is 26.2. The molecule has 0 unspecified atom stereocenters. The normalized spacial score (nSPS) is 13.7. The van der Waals surface area contributed by atoms with E-state index in [9.17, 15) is 14.4 Å². The van der Waals surface area contributed by atoms with Crippen LogP contribution in [0.25, 0.3) is 0 Å². The van der Waals surface area contributed by atoms with E-state index in [1.165, 1.54) is 17.1 Å². The maximum atomic E-state index is 11.5. The highest BCUT2D eigenvalue weighted by Crippen LogP contribution is 2.08. The van der Waals surface area contributed by atoms with Crippen molar-refractivity contribution in [3.8, 4) is 0 Å². The van der Waals surface area contributed by atoms with Crippen molar-refractivity contribution in [3.05, 3.63) is 12.2 Å². The zero-order valence-corrected chi connectivity index (χ0v) is 17.5. The molecule has 10 heteroatoms. The van der Waals surface area contributed by atoms with Gasteiger partial charge in [-0.15, -0.1) is 0 Å². The summed E-state index contributed by atoms with van der Waals surface area (Å²) in [7, 11) is 0. The lowest BCUT2D eigenvalue weighted by Crippen LogP contribution is -2.34. The Hall–Kier alpha value is -1.85. The summed E-state index contributed by atoms with van der Waals surface area (Å²) in [5, 5.41) is 17.6. The molecule has 1 aliphatic heterocycles. The number of hydrogen-bond donors (Lipinski definition) is 2. The number of rotatable bonds is 20. The fourth-order valence-electron chi connectivity index (χ4n) is 2.87. The molecule has 0 saturated heterocycles. The van der Waals surface area contributed by atoms with Gasteiger partial charge in [0.2, 0.25) is 0 Å². The molecular formula is C20H34N2O8. The van der Waals surface area contributed by atoms with Crippen molar-refractivity contribution in [2.75, 3.05) is 72.4 Å². The SMILES string of the molecule is O=C(O)CN(CCCCCCN1C(=O)C=CC1=O)CCOCCOCCOCCO. The predicted molar refractivity (Wildman–Crippen MR) is 108 cm³/mol. The molecule has 0 aromatic rings. The Bertz CT molecular complexity index is 523. The van der Waals surface area contributed by atoms with Gasteiger partial charge in [-0.3, -0.25) is 24.2 Å². The second kappa shape index (κ2) is 16.9. The first-order chi connectivity index (χ1) is 14.5. The molecule has 2 amide bonds. The summed E-state index contributed by atoms with van der Waals surface area (Å²) in [4.78, 5) is 37.0. The molecule has 172 valence electrons. The molecule has 0 aromatic heterocycles. The molecule has 0 radical (unpaired) electrons. The van der Waals surface area contributed by atoms with Gasteiger partial charge < -0.3 is 24.4 Å². The lowest BCUT2D eigenvalue weighted by Gasteiger charge is -2.20. The monoisotopic (exact) mass is 430 g/mol. The quantitative estimate of drug-likeness (QED) is 0.201. The average Bonchev–Trinajstić information content (AvgIpc) is 3.03. The minimum absolute atomic E-state index is 0.00567. The maximum Gasteiger partial charge on any atom is 0.317 e. The number of amides is 2. The molecule has 0 atom stereocenters. The van der Waals surface area contributed by atoms with Gasteiger partial charge in [-0.25, -0.2) is 0 Å². The van der Waals surface area contributed by atoms with E-state index in [1.54, 1.807) is 0 Å². The second-order valence-electron chi connectivity index (χ2n) is 6.81. The van der Waals surface area contributed by atoms with Crippen LogP contribution in [0.3, 0.4) is 0 Å². The van der Waals surface area contributed by atoms with Gasteiger partial charge in [0, 0.05) is 25.2 Å². The van der Waals surface area contributed by atoms with Crippen LogP contribution in [0.2, 0.25) is 0 Å². The Labute approximate surface area is 177 Å². The van der Waals surface area contributed by atoms with Gasteiger partial charge in [-0.05, 0) is 19.4 Å². The number of carboxylic acid groups (broad SMARTS) is 1. The molecule has 1 aliphatic rings. The molecule has 0 aliphatic carbocycles. The topological polar surface area (TPSA) is 126 Å². The van der Waals surface area contributed by atoms with Gasteiger partial charge in [-0.2, -0.15) is 0 Å². The summed E-state index contributed by atoms with van der Waals surface area (Å²) in [5.74, 6) is -1.39. The molecule has 0 bridgehead atoms. The standard InChI is InChI=1S/C20H34N2O8/c23-10-12-29-14-16-30-15-13-28-11-9-21(17-20(26)27)7-3-1-2-4-8-22-18(24)5-6-19(22)25/h5-6,23H,1-4,7-17H2,(H,26,27). The third-order valence-corrected chi connectivity index (χ3v) is 4.40. The number of nitrogens with zero attached hydrogens (tertiary/aromatic N) is 2. The number of hydrogen-bond acceptors (Lipinski definition) is 8. The van der Waals surface area contributed by atoms with E-state index in [4.69, 9.17) is 24.4 Å². The Morgan fingerprint density at radius 3 is 2.00 bits per heavy atom. The second-order valence-corrected chi connectivity index (χ2v) is 6.81. The number of carbonyl (C=O) groups excluding carboxylic acids is 2. The van der Waals surface area contributed by atoms with E-state index in [-0.39, 0.29) is 25.0 Å². The van der Waals surface area contributed by atoms with E-state index in [2.05, 4.69) is 0 Å². The van der Waals surface area contributed by atoms with Crippen molar-refractivity contribution in [1.29, 1.82) is 0 Å². The molecule has 10 nitrogen and oxygen atoms in total. The van der Waals surface area contributed by atoms with Gasteiger partial charge in [0.05, 0.1) is 52.8 Å². The fraction of sp³-hybridized carbons (Fsp3) is 0.750. The Morgan fingerprint density at radius 1 is 0.833 bits per heavy atom. The zero-order valence-electron chi connectivity index (χ0n) is 17.5. The molecule has 0 saturated carbocycles. The smallest absolute Gasteiger partial charge is 0.317 e. The van der Waals surface area contributed by atoms with E-state index < -0.39 is 5.97 Å². The van der Waals surface area contributed by atoms with Crippen molar-refractivity contribution >= 4 is 17.8 Å². The molecule has 1 heterocycles. The summed E-state index contributed by atoms with van der Waals surface area (Å²) in [6.07, 6.45) is 5.92. The van der Waals surface area contributed by atoms with Crippen LogP contribution in [0, 0.1) is 0 Å². The van der Waals surface area contributed by atoms with Gasteiger partial charge in [0.25, 0.3) is 11.8 Å². The van der Waals surface area contributed by atoms with Gasteiger partial charge in [0.15, 0.2) is 0 Å². The van der Waals surface area contributed by atoms with Crippen molar-refractivity contribution in [2.24, 2.45) is 0 Å². The van der Waals surface area contributed by atoms with Crippen LogP contribution >= 0.6 is 0 Å². The predicted octanol–water partition coefficient (Wildman–Crippen LogP) is -0.0995. The molecule has 1 rings (SSSR count). The van der Waals surface area contributed by atoms with E-state index in [0.29, 0.717) is 59.3 Å². The number of aliphatic hydroxyl groups excluding tert-OH is 1. The zero-order chi connectivity index (χ0) is 22.0. The van der Waals surface area contributed by atoms with E-state index >= 15 is 0 Å². The number of ether oxygens (including phenoxy) is 3. The molecule has 2 N–H and O–H groups in total. The fourth-order valence-corrected chi connectivity index (χ4v) is 2.87. The van der Waals surface area contributed by atoms with Crippen molar-refractivity contribution in [2.45, 2.75) is 25.7 Å². The number of carboxylic acids is 1.